The minimum absolute atomic E-state index is 0.294. The number of aromatic nitrogens is 2. The number of carboxylic acids is 1. The Morgan fingerprint density at radius 2 is 1.74 bits per heavy atom. The number of carbonyl (C=O) groups is 1. The summed E-state index contributed by atoms with van der Waals surface area (Å²) in [7, 11) is 1.67. The molecule has 1 aromatic heterocycles. The van der Waals surface area contributed by atoms with Crippen LogP contribution in [0.2, 0.25) is 0 Å². The zero-order valence-corrected chi connectivity index (χ0v) is 21.6. The second-order valence-corrected chi connectivity index (χ2v) is 9.50. The van der Waals surface area contributed by atoms with Crippen LogP contribution in [0.4, 0.5) is 5.95 Å². The molecule has 0 amide bonds. The van der Waals surface area contributed by atoms with Gasteiger partial charge in [0.25, 0.3) is 0 Å². The Bertz CT molecular complexity index is 1410. The number of ether oxygens (including phenoxy) is 2. The summed E-state index contributed by atoms with van der Waals surface area (Å²) in [6.45, 7) is 3.79. The van der Waals surface area contributed by atoms with Gasteiger partial charge in [-0.2, -0.15) is 0 Å². The molecule has 1 fully saturated rings. The molecule has 38 heavy (non-hydrogen) atoms. The molecule has 1 saturated heterocycles. The third-order valence-corrected chi connectivity index (χ3v) is 7.08. The Labute approximate surface area is 222 Å². The van der Waals surface area contributed by atoms with Gasteiger partial charge in [-0.3, -0.25) is 4.79 Å². The number of piperidine rings is 1. The standard InChI is InChI=1S/C31H31N3O4/c1-21-19-24(22-9-11-26(37-2)12-10-22)7-8-25(21)20-38-29-6-4-3-5-27(29)28-13-16-32-31(33-28)34-17-14-23(15-18-34)30(35)36/h3-13,16,19,23H,14-15,17-18,20H2,1-2H3,(H,35,36). The lowest BCUT2D eigenvalue weighted by Gasteiger charge is -2.30. The number of aryl methyl sites for hydroxylation is 1. The van der Waals surface area contributed by atoms with Crippen LogP contribution in [-0.2, 0) is 11.4 Å². The van der Waals surface area contributed by atoms with Crippen LogP contribution in [0, 0.1) is 12.8 Å². The SMILES string of the molecule is COc1ccc(-c2ccc(COc3ccccc3-c3ccnc(N4CCC(C(=O)O)CC4)n3)c(C)c2)cc1. The van der Waals surface area contributed by atoms with E-state index in [0.29, 0.717) is 38.5 Å². The van der Waals surface area contributed by atoms with Crippen LogP contribution in [0.15, 0.2) is 79.0 Å². The van der Waals surface area contributed by atoms with Crippen LogP contribution in [-0.4, -0.2) is 41.2 Å². The summed E-state index contributed by atoms with van der Waals surface area (Å²) in [5, 5.41) is 9.28. The van der Waals surface area contributed by atoms with Crippen molar-refractivity contribution in [3.8, 4) is 33.9 Å². The predicted molar refractivity (Wildman–Crippen MR) is 148 cm³/mol. The van der Waals surface area contributed by atoms with Gasteiger partial charge in [-0.1, -0.05) is 42.5 Å². The molecule has 1 aliphatic rings. The topological polar surface area (TPSA) is 84.8 Å². The first-order valence-electron chi connectivity index (χ1n) is 12.8. The molecular formula is C31H31N3O4. The molecule has 1 N–H and O–H groups in total. The number of rotatable bonds is 8. The molecule has 0 radical (unpaired) electrons. The summed E-state index contributed by atoms with van der Waals surface area (Å²) in [6, 6.07) is 24.2. The van der Waals surface area contributed by atoms with E-state index in [9.17, 15) is 9.90 Å². The van der Waals surface area contributed by atoms with Crippen molar-refractivity contribution >= 4 is 11.9 Å². The van der Waals surface area contributed by atoms with Crippen molar-refractivity contribution in [1.82, 2.24) is 9.97 Å². The van der Waals surface area contributed by atoms with E-state index in [1.807, 2.05) is 42.5 Å². The maximum atomic E-state index is 11.3. The van der Waals surface area contributed by atoms with Crippen LogP contribution in [0.5, 0.6) is 11.5 Å². The molecule has 7 nitrogen and oxygen atoms in total. The van der Waals surface area contributed by atoms with Gasteiger partial charge in [0.15, 0.2) is 0 Å². The van der Waals surface area contributed by atoms with Crippen LogP contribution in [0.1, 0.15) is 24.0 Å². The average Bonchev–Trinajstić information content (AvgIpc) is 2.97. The third-order valence-electron chi connectivity index (χ3n) is 7.08. The summed E-state index contributed by atoms with van der Waals surface area (Å²) in [4.78, 5) is 22.6. The van der Waals surface area contributed by atoms with E-state index < -0.39 is 5.97 Å². The zero-order valence-electron chi connectivity index (χ0n) is 21.6. The summed E-state index contributed by atoms with van der Waals surface area (Å²) >= 11 is 0. The fourth-order valence-corrected chi connectivity index (χ4v) is 4.76. The second kappa shape index (κ2) is 11.3. The van der Waals surface area contributed by atoms with E-state index in [2.05, 4.69) is 47.1 Å². The maximum Gasteiger partial charge on any atom is 0.306 e. The molecule has 0 atom stereocenters. The number of hydrogen-bond acceptors (Lipinski definition) is 6. The molecule has 7 heteroatoms. The minimum atomic E-state index is -0.726. The number of anilines is 1. The Hall–Kier alpha value is -4.39. The molecule has 0 saturated carbocycles. The van der Waals surface area contributed by atoms with E-state index in [4.69, 9.17) is 14.5 Å². The second-order valence-electron chi connectivity index (χ2n) is 9.50. The number of carboxylic acid groups (broad SMARTS) is 1. The molecule has 0 aliphatic carbocycles. The summed E-state index contributed by atoms with van der Waals surface area (Å²) < 4.78 is 11.6. The van der Waals surface area contributed by atoms with Gasteiger partial charge in [-0.15, -0.1) is 0 Å². The maximum absolute atomic E-state index is 11.3. The quantitative estimate of drug-likeness (QED) is 0.311. The normalized spacial score (nSPS) is 13.8. The summed E-state index contributed by atoms with van der Waals surface area (Å²) in [6.07, 6.45) is 2.94. The molecule has 4 aromatic rings. The van der Waals surface area contributed by atoms with Gasteiger partial charge in [0.1, 0.15) is 18.1 Å². The average molecular weight is 510 g/mol. The molecule has 1 aliphatic heterocycles. The first kappa shape index (κ1) is 25.3. The first-order valence-corrected chi connectivity index (χ1v) is 12.8. The lowest BCUT2D eigenvalue weighted by atomic mass is 9.97. The van der Waals surface area contributed by atoms with E-state index in [-0.39, 0.29) is 5.92 Å². The van der Waals surface area contributed by atoms with Gasteiger partial charge >= 0.3 is 5.97 Å². The van der Waals surface area contributed by atoms with Crippen molar-refractivity contribution < 1.29 is 19.4 Å². The van der Waals surface area contributed by atoms with Gasteiger partial charge in [0, 0.05) is 24.8 Å². The predicted octanol–water partition coefficient (Wildman–Crippen LogP) is 6.01. The molecule has 0 bridgehead atoms. The largest absolute Gasteiger partial charge is 0.497 e. The van der Waals surface area contributed by atoms with Gasteiger partial charge in [-0.25, -0.2) is 9.97 Å². The molecule has 2 heterocycles. The van der Waals surface area contributed by atoms with Crippen LogP contribution in [0.25, 0.3) is 22.4 Å². The van der Waals surface area contributed by atoms with Crippen LogP contribution >= 0.6 is 0 Å². The summed E-state index contributed by atoms with van der Waals surface area (Å²) in [5.41, 5.74) is 6.22. The van der Waals surface area contributed by atoms with Crippen molar-refractivity contribution in [3.63, 3.8) is 0 Å². The summed E-state index contributed by atoms with van der Waals surface area (Å²) in [5.74, 6) is 1.19. The molecule has 0 spiro atoms. The van der Waals surface area contributed by atoms with Crippen LogP contribution in [0.3, 0.4) is 0 Å². The Balaban J connectivity index is 1.30. The van der Waals surface area contributed by atoms with Gasteiger partial charge in [0.05, 0.1) is 18.7 Å². The molecule has 5 rings (SSSR count). The fraction of sp³-hybridized carbons (Fsp3) is 0.258. The Morgan fingerprint density at radius 3 is 2.45 bits per heavy atom. The highest BCUT2D eigenvalue weighted by atomic mass is 16.5. The number of benzene rings is 3. The third kappa shape index (κ3) is 5.62. The first-order chi connectivity index (χ1) is 18.5. The van der Waals surface area contributed by atoms with Crippen molar-refractivity contribution in [1.29, 1.82) is 0 Å². The van der Waals surface area contributed by atoms with Crippen molar-refractivity contribution in [3.05, 3.63) is 90.1 Å². The number of aliphatic carboxylic acids is 1. The smallest absolute Gasteiger partial charge is 0.306 e. The lowest BCUT2D eigenvalue weighted by Crippen LogP contribution is -2.37. The van der Waals surface area contributed by atoms with E-state index in [0.717, 1.165) is 45.0 Å². The molecule has 0 unspecified atom stereocenters. The molecule has 194 valence electrons. The van der Waals surface area contributed by atoms with Crippen LogP contribution < -0.4 is 14.4 Å². The zero-order chi connectivity index (χ0) is 26.5. The van der Waals surface area contributed by atoms with Gasteiger partial charge in [0.2, 0.25) is 5.95 Å². The van der Waals surface area contributed by atoms with Crippen molar-refractivity contribution in [2.24, 2.45) is 5.92 Å². The molecular weight excluding hydrogens is 478 g/mol. The number of para-hydroxylation sites is 1. The molecule has 3 aromatic carbocycles. The fourth-order valence-electron chi connectivity index (χ4n) is 4.76. The van der Waals surface area contributed by atoms with Gasteiger partial charge < -0.3 is 19.5 Å². The van der Waals surface area contributed by atoms with E-state index in [1.165, 1.54) is 0 Å². The number of hydrogen-bond donors (Lipinski definition) is 1. The van der Waals surface area contributed by atoms with E-state index >= 15 is 0 Å². The highest BCUT2D eigenvalue weighted by Gasteiger charge is 2.26. The van der Waals surface area contributed by atoms with Gasteiger partial charge in [-0.05, 0) is 72.4 Å². The van der Waals surface area contributed by atoms with Crippen molar-refractivity contribution in [2.75, 3.05) is 25.1 Å². The van der Waals surface area contributed by atoms with E-state index in [1.54, 1.807) is 13.3 Å². The highest BCUT2D eigenvalue weighted by Crippen LogP contribution is 2.31. The monoisotopic (exact) mass is 509 g/mol. The van der Waals surface area contributed by atoms with Crippen molar-refractivity contribution in [2.45, 2.75) is 26.4 Å². The lowest BCUT2D eigenvalue weighted by molar-refractivity contribution is -0.142. The number of nitrogens with zero attached hydrogens (tertiary/aromatic N) is 3. The number of methoxy groups -OCH3 is 1. The highest BCUT2D eigenvalue weighted by molar-refractivity contribution is 5.71. The Morgan fingerprint density at radius 1 is 1.00 bits per heavy atom. The Kier molecular flexibility index (Phi) is 7.54. The minimum Gasteiger partial charge on any atom is -0.497 e.